The van der Waals surface area contributed by atoms with Crippen LogP contribution in [0.4, 0.5) is 16.6 Å². The third-order valence-electron chi connectivity index (χ3n) is 10.9. The zero-order chi connectivity index (χ0) is 35.9. The van der Waals surface area contributed by atoms with Crippen LogP contribution in [-0.2, 0) is 9.59 Å². The zero-order valence-electron chi connectivity index (χ0n) is 29.3. The van der Waals surface area contributed by atoms with Crippen molar-refractivity contribution in [3.05, 3.63) is 66.1 Å². The number of anilines is 3. The summed E-state index contributed by atoms with van der Waals surface area (Å²) in [5, 5.41) is 31.0. The SMILES string of the molecule is N#Cc1cnn2c(-c3cc(NC4CC4)c(-c4nnc(N5CCN(CC6CCN(c7ccc([C@@H]8CCC(=O)NC8=O)cn7)CC6)CC5)s4)cn3)ccc2c1. The normalized spacial score (nSPS) is 20.1. The highest BCUT2D eigenvalue weighted by molar-refractivity contribution is 7.18. The van der Waals surface area contributed by atoms with E-state index < -0.39 is 0 Å². The number of carbonyl (C=O) groups is 2. The topological polar surface area (TPSA) is 161 Å². The smallest absolute Gasteiger partial charge is 0.234 e. The highest BCUT2D eigenvalue weighted by atomic mass is 32.1. The van der Waals surface area contributed by atoms with Gasteiger partial charge in [0.25, 0.3) is 0 Å². The fourth-order valence-corrected chi connectivity index (χ4v) is 8.59. The van der Waals surface area contributed by atoms with Crippen molar-refractivity contribution in [2.45, 2.75) is 50.5 Å². The number of rotatable bonds is 9. The molecule has 5 aromatic heterocycles. The summed E-state index contributed by atoms with van der Waals surface area (Å²) in [5.41, 5.74) is 5.88. The van der Waals surface area contributed by atoms with Gasteiger partial charge in [0.1, 0.15) is 11.9 Å². The van der Waals surface area contributed by atoms with Crippen LogP contribution in [0.1, 0.15) is 55.6 Å². The van der Waals surface area contributed by atoms with Gasteiger partial charge in [-0.2, -0.15) is 10.4 Å². The first-order valence-electron chi connectivity index (χ1n) is 18.5. The minimum atomic E-state index is -0.302. The minimum Gasteiger partial charge on any atom is -0.382 e. The molecule has 4 fully saturated rings. The molecule has 9 rings (SSSR count). The van der Waals surface area contributed by atoms with Crippen LogP contribution in [0.2, 0.25) is 0 Å². The van der Waals surface area contributed by atoms with Gasteiger partial charge in [0.05, 0.1) is 40.1 Å². The second-order valence-corrected chi connectivity index (χ2v) is 15.5. The third kappa shape index (κ3) is 7.04. The molecule has 0 spiro atoms. The number of hydrogen-bond acceptors (Lipinski definition) is 13. The van der Waals surface area contributed by atoms with Gasteiger partial charge in [-0.3, -0.25) is 24.8 Å². The minimum absolute atomic E-state index is 0.196. The lowest BCUT2D eigenvalue weighted by Crippen LogP contribution is -2.49. The van der Waals surface area contributed by atoms with E-state index in [0.29, 0.717) is 30.4 Å². The Bertz CT molecular complexity index is 2190. The van der Waals surface area contributed by atoms with E-state index in [9.17, 15) is 14.9 Å². The zero-order valence-corrected chi connectivity index (χ0v) is 30.1. The molecule has 0 bridgehead atoms. The molecule has 270 valence electrons. The molecule has 0 unspecified atom stereocenters. The number of piperazine rings is 1. The summed E-state index contributed by atoms with van der Waals surface area (Å²) < 4.78 is 1.82. The predicted molar refractivity (Wildman–Crippen MR) is 202 cm³/mol. The van der Waals surface area contributed by atoms with E-state index in [1.807, 2.05) is 41.0 Å². The van der Waals surface area contributed by atoms with Crippen molar-refractivity contribution in [3.63, 3.8) is 0 Å². The van der Waals surface area contributed by atoms with Crippen molar-refractivity contribution in [1.82, 2.24) is 40.0 Å². The maximum atomic E-state index is 12.3. The Morgan fingerprint density at radius 2 is 1.74 bits per heavy atom. The van der Waals surface area contributed by atoms with Gasteiger partial charge < -0.3 is 15.1 Å². The van der Waals surface area contributed by atoms with Crippen LogP contribution < -0.4 is 20.4 Å². The van der Waals surface area contributed by atoms with E-state index in [1.165, 1.54) is 0 Å². The molecule has 53 heavy (non-hydrogen) atoms. The molecule has 15 heteroatoms. The van der Waals surface area contributed by atoms with Gasteiger partial charge in [0.2, 0.25) is 16.9 Å². The largest absolute Gasteiger partial charge is 0.382 e. The number of pyridine rings is 2. The van der Waals surface area contributed by atoms with Crippen LogP contribution in [0, 0.1) is 17.2 Å². The third-order valence-corrected chi connectivity index (χ3v) is 11.9. The molecular weight excluding hydrogens is 689 g/mol. The van der Waals surface area contributed by atoms with Gasteiger partial charge in [-0.05, 0) is 73.9 Å². The van der Waals surface area contributed by atoms with Gasteiger partial charge in [-0.1, -0.05) is 17.4 Å². The Morgan fingerprint density at radius 1 is 0.887 bits per heavy atom. The molecule has 1 aliphatic carbocycles. The first kappa shape index (κ1) is 33.4. The molecule has 1 saturated carbocycles. The molecule has 0 radical (unpaired) electrons. The second-order valence-electron chi connectivity index (χ2n) is 14.5. The standard InChI is InChI=1S/C38H40N12O2S/c39-19-25-17-28-4-6-33(50(28)42-20-25)32-18-31(43-27-2-3-27)30(22-40-32)37-45-46-38(53-37)49-15-13-47(14-16-49)23-24-9-11-48(12-10-24)34-7-1-26(21-41-34)29-5-8-35(51)44-36(29)52/h1,4,6-7,17-18,20-22,24,27,29H,2-3,5,8-16,23H2,(H,40,43)(H,44,51,52)/t29-/m0/s1. The lowest BCUT2D eigenvalue weighted by molar-refractivity contribution is -0.134. The monoisotopic (exact) mass is 728 g/mol. The van der Waals surface area contributed by atoms with E-state index in [2.05, 4.69) is 52.8 Å². The van der Waals surface area contributed by atoms with E-state index in [0.717, 1.165) is 121 Å². The lowest BCUT2D eigenvalue weighted by atomic mass is 9.91. The molecule has 3 saturated heterocycles. The number of piperidine rings is 2. The Kier molecular flexibility index (Phi) is 8.92. The second kappa shape index (κ2) is 14.2. The lowest BCUT2D eigenvalue weighted by Gasteiger charge is -2.39. The average molecular weight is 729 g/mol. The molecule has 8 heterocycles. The van der Waals surface area contributed by atoms with Gasteiger partial charge in [0, 0.05) is 76.4 Å². The number of carbonyl (C=O) groups excluding carboxylic acids is 2. The van der Waals surface area contributed by atoms with Crippen molar-refractivity contribution in [2.24, 2.45) is 5.92 Å². The summed E-state index contributed by atoms with van der Waals surface area (Å²) in [6.07, 6.45) is 10.7. The Balaban J connectivity index is 0.792. The number of amides is 2. The maximum Gasteiger partial charge on any atom is 0.234 e. The van der Waals surface area contributed by atoms with Gasteiger partial charge in [0.15, 0.2) is 5.01 Å². The number of nitrogens with one attached hydrogen (secondary N) is 2. The fourth-order valence-electron chi connectivity index (χ4n) is 7.67. The van der Waals surface area contributed by atoms with Crippen LogP contribution >= 0.6 is 11.3 Å². The number of hydrogen-bond donors (Lipinski definition) is 2. The number of aromatic nitrogens is 6. The van der Waals surface area contributed by atoms with Gasteiger partial charge >= 0.3 is 0 Å². The Morgan fingerprint density at radius 3 is 2.49 bits per heavy atom. The highest BCUT2D eigenvalue weighted by Crippen LogP contribution is 2.38. The van der Waals surface area contributed by atoms with E-state index >= 15 is 0 Å². The van der Waals surface area contributed by atoms with Crippen molar-refractivity contribution >= 4 is 45.3 Å². The molecule has 14 nitrogen and oxygen atoms in total. The maximum absolute atomic E-state index is 12.3. The van der Waals surface area contributed by atoms with E-state index in [1.54, 1.807) is 23.7 Å². The number of fused-ring (bicyclic) bond motifs is 1. The molecule has 0 aromatic carbocycles. The summed E-state index contributed by atoms with van der Waals surface area (Å²) in [7, 11) is 0. The molecule has 4 aliphatic rings. The Labute approximate surface area is 310 Å². The van der Waals surface area contributed by atoms with Gasteiger partial charge in [-0.15, -0.1) is 10.2 Å². The van der Waals surface area contributed by atoms with Crippen LogP contribution in [0.25, 0.3) is 27.5 Å². The molecule has 1 atom stereocenters. The molecule has 3 aliphatic heterocycles. The number of nitriles is 1. The van der Waals surface area contributed by atoms with Crippen LogP contribution in [0.5, 0.6) is 0 Å². The number of imide groups is 1. The molecule has 5 aromatic rings. The average Bonchev–Trinajstić information content (AvgIpc) is 3.69. The van der Waals surface area contributed by atoms with Crippen LogP contribution in [0.3, 0.4) is 0 Å². The molecule has 2 amide bonds. The van der Waals surface area contributed by atoms with E-state index in [4.69, 9.17) is 9.97 Å². The summed E-state index contributed by atoms with van der Waals surface area (Å²) in [5.74, 6) is 0.883. The number of nitrogens with zero attached hydrogens (tertiary/aromatic N) is 10. The molecular formula is C38H40N12O2S. The Hall–Kier alpha value is -5.46. The summed E-state index contributed by atoms with van der Waals surface area (Å²) >= 11 is 1.62. The summed E-state index contributed by atoms with van der Waals surface area (Å²) in [6, 6.07) is 14.5. The van der Waals surface area contributed by atoms with Crippen molar-refractivity contribution in [1.29, 1.82) is 5.26 Å². The quantitative estimate of drug-likeness (QED) is 0.207. The van der Waals surface area contributed by atoms with Crippen molar-refractivity contribution in [2.75, 3.05) is 60.9 Å². The summed E-state index contributed by atoms with van der Waals surface area (Å²) in [4.78, 5) is 40.6. The predicted octanol–water partition coefficient (Wildman–Crippen LogP) is 4.31. The molecule has 2 N–H and O–H groups in total. The fraction of sp³-hybridized carbons (Fsp3) is 0.421. The van der Waals surface area contributed by atoms with Crippen molar-refractivity contribution in [3.8, 4) is 28.0 Å². The van der Waals surface area contributed by atoms with Gasteiger partial charge in [-0.25, -0.2) is 9.50 Å². The van der Waals surface area contributed by atoms with Crippen LogP contribution in [0.15, 0.2) is 55.0 Å². The van der Waals surface area contributed by atoms with Crippen LogP contribution in [-0.4, -0.2) is 98.3 Å². The van der Waals surface area contributed by atoms with Crippen molar-refractivity contribution < 1.29 is 9.59 Å². The summed E-state index contributed by atoms with van der Waals surface area (Å²) in [6.45, 7) is 6.88. The first-order valence-corrected chi connectivity index (χ1v) is 19.3. The van der Waals surface area contributed by atoms with E-state index in [-0.39, 0.29) is 17.7 Å². The first-order chi connectivity index (χ1) is 26.0. The highest BCUT2D eigenvalue weighted by Gasteiger charge is 2.30.